The number of phenolic OH excluding ortho intramolecular Hbond substituents is 1. The fourth-order valence-electron chi connectivity index (χ4n) is 1.98. The monoisotopic (exact) mass is 251 g/mol. The summed E-state index contributed by atoms with van der Waals surface area (Å²) in [7, 11) is 3.73. The molecule has 0 aliphatic carbocycles. The number of phenols is 1. The Labute approximate surface area is 108 Å². The zero-order chi connectivity index (χ0) is 13.0. The molecule has 1 heterocycles. The van der Waals surface area contributed by atoms with E-state index in [1.807, 2.05) is 12.1 Å². The summed E-state index contributed by atoms with van der Waals surface area (Å²) in [6, 6.07) is 5.39. The average Bonchev–Trinajstić information content (AvgIpc) is 2.39. The molecule has 0 amide bonds. The lowest BCUT2D eigenvalue weighted by molar-refractivity contribution is 0.102. The molecule has 1 fully saturated rings. The Morgan fingerprint density at radius 3 is 2.61 bits per heavy atom. The van der Waals surface area contributed by atoms with E-state index < -0.39 is 0 Å². The van der Waals surface area contributed by atoms with Crippen LogP contribution in [0.5, 0.6) is 11.5 Å². The molecule has 0 unspecified atom stereocenters. The van der Waals surface area contributed by atoms with E-state index in [0.717, 1.165) is 31.7 Å². The molecule has 100 valence electrons. The Balaban J connectivity index is 1.86. The lowest BCUT2D eigenvalue weighted by atomic mass is 10.2. The van der Waals surface area contributed by atoms with E-state index in [1.54, 1.807) is 13.2 Å². The number of likely N-dealkylation sites (N-methyl/N-ethyl adjacent to an activating group) is 1. The molecule has 1 aromatic carbocycles. The molecule has 5 heteroatoms. The highest BCUT2D eigenvalue weighted by atomic mass is 16.5. The highest BCUT2D eigenvalue weighted by Gasteiger charge is 2.13. The number of methoxy groups -OCH3 is 1. The van der Waals surface area contributed by atoms with Gasteiger partial charge in [-0.25, -0.2) is 5.01 Å². The Morgan fingerprint density at radius 2 is 2.00 bits per heavy atom. The van der Waals surface area contributed by atoms with Gasteiger partial charge in [0.2, 0.25) is 0 Å². The Morgan fingerprint density at radius 1 is 1.28 bits per heavy atom. The molecule has 1 aliphatic rings. The zero-order valence-corrected chi connectivity index (χ0v) is 11.0. The minimum Gasteiger partial charge on any atom is -0.507 e. The first kappa shape index (κ1) is 13.1. The van der Waals surface area contributed by atoms with E-state index in [-0.39, 0.29) is 5.75 Å². The Hall–Kier alpha value is -1.30. The SMILES string of the molecule is COc1ccc(CNN2CCN(C)CC2)c(O)c1. The van der Waals surface area contributed by atoms with Crippen LogP contribution in [0.2, 0.25) is 0 Å². The van der Waals surface area contributed by atoms with Crippen LogP contribution < -0.4 is 10.2 Å². The summed E-state index contributed by atoms with van der Waals surface area (Å²) in [5, 5.41) is 12.0. The summed E-state index contributed by atoms with van der Waals surface area (Å²) in [5.74, 6) is 0.951. The number of hydrogen-bond acceptors (Lipinski definition) is 5. The van der Waals surface area contributed by atoms with E-state index in [1.165, 1.54) is 0 Å². The second-order valence-corrected chi connectivity index (χ2v) is 4.62. The van der Waals surface area contributed by atoms with Crippen molar-refractivity contribution in [2.45, 2.75) is 6.54 Å². The molecule has 1 saturated heterocycles. The van der Waals surface area contributed by atoms with Crippen molar-refractivity contribution in [2.75, 3.05) is 40.3 Å². The van der Waals surface area contributed by atoms with Crippen molar-refractivity contribution >= 4 is 0 Å². The maximum atomic E-state index is 9.85. The number of aromatic hydroxyl groups is 1. The fraction of sp³-hybridized carbons (Fsp3) is 0.538. The molecule has 1 aromatic rings. The van der Waals surface area contributed by atoms with Gasteiger partial charge in [-0.1, -0.05) is 6.07 Å². The first-order chi connectivity index (χ1) is 8.69. The molecular formula is C13H21N3O2. The number of ether oxygens (including phenoxy) is 1. The van der Waals surface area contributed by atoms with Crippen LogP contribution in [0, 0.1) is 0 Å². The van der Waals surface area contributed by atoms with Gasteiger partial charge in [0.25, 0.3) is 0 Å². The molecule has 0 bridgehead atoms. The number of hydrazine groups is 1. The van der Waals surface area contributed by atoms with Gasteiger partial charge >= 0.3 is 0 Å². The van der Waals surface area contributed by atoms with E-state index >= 15 is 0 Å². The van der Waals surface area contributed by atoms with Gasteiger partial charge in [-0.15, -0.1) is 0 Å². The van der Waals surface area contributed by atoms with Crippen molar-refractivity contribution < 1.29 is 9.84 Å². The van der Waals surface area contributed by atoms with Gasteiger partial charge in [0.1, 0.15) is 11.5 Å². The number of benzene rings is 1. The first-order valence-electron chi connectivity index (χ1n) is 6.22. The van der Waals surface area contributed by atoms with Gasteiger partial charge in [-0.3, -0.25) is 5.43 Å². The highest BCUT2D eigenvalue weighted by molar-refractivity contribution is 5.39. The van der Waals surface area contributed by atoms with Crippen LogP contribution in [-0.2, 0) is 6.54 Å². The van der Waals surface area contributed by atoms with Crippen molar-refractivity contribution in [3.05, 3.63) is 23.8 Å². The molecule has 5 nitrogen and oxygen atoms in total. The topological polar surface area (TPSA) is 48.0 Å². The maximum Gasteiger partial charge on any atom is 0.123 e. The third-order valence-corrected chi connectivity index (χ3v) is 3.29. The lowest BCUT2D eigenvalue weighted by Gasteiger charge is -2.32. The van der Waals surface area contributed by atoms with Crippen LogP contribution >= 0.6 is 0 Å². The van der Waals surface area contributed by atoms with Crippen molar-refractivity contribution in [1.29, 1.82) is 0 Å². The lowest BCUT2D eigenvalue weighted by Crippen LogP contribution is -2.50. The van der Waals surface area contributed by atoms with E-state index in [9.17, 15) is 5.11 Å². The summed E-state index contributed by atoms with van der Waals surface area (Å²) in [5.41, 5.74) is 4.23. The zero-order valence-electron chi connectivity index (χ0n) is 11.0. The van der Waals surface area contributed by atoms with Crippen LogP contribution in [0.3, 0.4) is 0 Å². The molecule has 18 heavy (non-hydrogen) atoms. The molecule has 1 aliphatic heterocycles. The van der Waals surface area contributed by atoms with Gasteiger partial charge in [-0.2, -0.15) is 0 Å². The third kappa shape index (κ3) is 3.35. The Bertz CT molecular complexity index is 390. The molecular weight excluding hydrogens is 230 g/mol. The van der Waals surface area contributed by atoms with E-state index in [4.69, 9.17) is 4.74 Å². The van der Waals surface area contributed by atoms with Crippen LogP contribution in [0.25, 0.3) is 0 Å². The normalized spacial score (nSPS) is 17.9. The van der Waals surface area contributed by atoms with Crippen LogP contribution in [0.1, 0.15) is 5.56 Å². The summed E-state index contributed by atoms with van der Waals surface area (Å²) >= 11 is 0. The van der Waals surface area contributed by atoms with Gasteiger partial charge < -0.3 is 14.7 Å². The summed E-state index contributed by atoms with van der Waals surface area (Å²) in [4.78, 5) is 2.31. The molecule has 0 saturated carbocycles. The van der Waals surface area contributed by atoms with E-state index in [0.29, 0.717) is 12.3 Å². The molecule has 2 N–H and O–H groups in total. The Kier molecular flexibility index (Phi) is 4.41. The van der Waals surface area contributed by atoms with Gasteiger partial charge in [0.15, 0.2) is 0 Å². The van der Waals surface area contributed by atoms with Crippen molar-refractivity contribution in [3.63, 3.8) is 0 Å². The number of nitrogens with one attached hydrogen (secondary N) is 1. The predicted molar refractivity (Wildman–Crippen MR) is 70.6 cm³/mol. The number of rotatable bonds is 4. The standard InChI is InChI=1S/C13H21N3O2/c1-15-5-7-16(8-6-15)14-10-11-3-4-12(18-2)9-13(11)17/h3-4,9,14,17H,5-8,10H2,1-2H3. The minimum atomic E-state index is 0.274. The molecule has 2 rings (SSSR count). The van der Waals surface area contributed by atoms with Gasteiger partial charge in [-0.05, 0) is 13.1 Å². The molecule has 0 radical (unpaired) electrons. The molecule has 0 aromatic heterocycles. The van der Waals surface area contributed by atoms with Crippen LogP contribution in [-0.4, -0.2) is 55.4 Å². The van der Waals surface area contributed by atoms with Crippen molar-refractivity contribution in [3.8, 4) is 11.5 Å². The fourth-order valence-corrected chi connectivity index (χ4v) is 1.98. The number of nitrogens with zero attached hydrogens (tertiary/aromatic N) is 2. The minimum absolute atomic E-state index is 0.274. The largest absolute Gasteiger partial charge is 0.507 e. The number of piperazine rings is 1. The maximum absolute atomic E-state index is 9.85. The van der Waals surface area contributed by atoms with Gasteiger partial charge in [0.05, 0.1) is 7.11 Å². The molecule has 0 spiro atoms. The average molecular weight is 251 g/mol. The summed E-state index contributed by atoms with van der Waals surface area (Å²) in [6.45, 7) is 4.80. The van der Waals surface area contributed by atoms with Crippen LogP contribution in [0.15, 0.2) is 18.2 Å². The molecule has 0 atom stereocenters. The highest BCUT2D eigenvalue weighted by Crippen LogP contribution is 2.23. The third-order valence-electron chi connectivity index (χ3n) is 3.29. The van der Waals surface area contributed by atoms with E-state index in [2.05, 4.69) is 22.4 Å². The van der Waals surface area contributed by atoms with Crippen molar-refractivity contribution in [1.82, 2.24) is 15.3 Å². The van der Waals surface area contributed by atoms with Crippen LogP contribution in [0.4, 0.5) is 0 Å². The number of hydrogen-bond donors (Lipinski definition) is 2. The second kappa shape index (κ2) is 6.04. The summed E-state index contributed by atoms with van der Waals surface area (Å²) < 4.78 is 5.06. The second-order valence-electron chi connectivity index (χ2n) is 4.62. The smallest absolute Gasteiger partial charge is 0.123 e. The first-order valence-corrected chi connectivity index (χ1v) is 6.22. The van der Waals surface area contributed by atoms with Crippen molar-refractivity contribution in [2.24, 2.45) is 0 Å². The van der Waals surface area contributed by atoms with Gasteiger partial charge in [0, 0.05) is 44.4 Å². The quantitative estimate of drug-likeness (QED) is 0.823. The predicted octanol–water partition coefficient (Wildman–Crippen LogP) is 0.653. The summed E-state index contributed by atoms with van der Waals surface area (Å²) in [6.07, 6.45) is 0.